The normalized spacial score (nSPS) is 13.6. The maximum atomic E-state index is 10.8. The summed E-state index contributed by atoms with van der Waals surface area (Å²) >= 11 is 0. The molecule has 7 nitrogen and oxygen atoms in total. The van der Waals surface area contributed by atoms with Crippen LogP contribution in [0.25, 0.3) is 5.69 Å². The van der Waals surface area contributed by atoms with Crippen LogP contribution in [0.2, 0.25) is 0 Å². The Morgan fingerprint density at radius 2 is 1.67 bits per heavy atom. The van der Waals surface area contributed by atoms with Crippen molar-refractivity contribution in [3.8, 4) is 23.1 Å². The van der Waals surface area contributed by atoms with Gasteiger partial charge < -0.3 is 19.3 Å². The molecule has 196 valence electrons. The number of rotatable bonds is 12. The first-order chi connectivity index (χ1) is 17.1. The molecule has 0 saturated carbocycles. The highest BCUT2D eigenvalue weighted by Gasteiger charge is 2.26. The third-order valence-electron chi connectivity index (χ3n) is 6.14. The average Bonchev–Trinajstić information content (AvgIpc) is 3.17. The Hall–Kier alpha value is -2.87. The van der Waals surface area contributed by atoms with E-state index in [-0.39, 0.29) is 18.2 Å². The molecule has 36 heavy (non-hydrogen) atoms. The van der Waals surface area contributed by atoms with Crippen molar-refractivity contribution in [1.82, 2.24) is 14.7 Å². The fourth-order valence-corrected chi connectivity index (χ4v) is 3.91. The molecule has 0 aliphatic carbocycles. The van der Waals surface area contributed by atoms with E-state index in [2.05, 4.69) is 18.7 Å². The number of benzene rings is 2. The predicted octanol–water partition coefficient (Wildman–Crippen LogP) is 5.76. The lowest BCUT2D eigenvalue weighted by Crippen LogP contribution is -2.41. The fourth-order valence-electron chi connectivity index (χ4n) is 3.91. The maximum Gasteiger partial charge on any atom is 0.227 e. The second kappa shape index (κ2) is 12.4. The molecule has 1 N–H and O–H groups in total. The maximum absolute atomic E-state index is 10.8. The van der Waals surface area contributed by atoms with Crippen molar-refractivity contribution in [1.29, 1.82) is 0 Å². The van der Waals surface area contributed by atoms with Gasteiger partial charge in [0.05, 0.1) is 42.4 Å². The zero-order valence-electron chi connectivity index (χ0n) is 22.7. The van der Waals surface area contributed by atoms with Gasteiger partial charge in [-0.3, -0.25) is 4.90 Å². The zero-order chi connectivity index (χ0) is 26.3. The number of hydrogen-bond acceptors (Lipinski definition) is 6. The standard InChI is InChI=1S/C29H41N3O4/c1-8-21(2)31(18-24(33)20-35-29(4,5)6)19-25-22(3)30-32(23-14-10-9-11-15-23)28(25)36-27-17-13-12-16-26(27)34-7/h9-17,21,24,33H,8,18-20H2,1-7H3/t21-,24+/m0/s1. The molecular weight excluding hydrogens is 454 g/mol. The zero-order valence-corrected chi connectivity index (χ0v) is 22.7. The number of ether oxygens (including phenoxy) is 3. The van der Waals surface area contributed by atoms with E-state index in [0.717, 1.165) is 23.4 Å². The fraction of sp³-hybridized carbons (Fsp3) is 0.483. The van der Waals surface area contributed by atoms with Crippen LogP contribution in [0.4, 0.5) is 0 Å². The lowest BCUT2D eigenvalue weighted by molar-refractivity contribution is -0.0593. The van der Waals surface area contributed by atoms with Crippen LogP contribution < -0.4 is 9.47 Å². The van der Waals surface area contributed by atoms with Crippen molar-refractivity contribution in [2.45, 2.75) is 72.3 Å². The molecule has 7 heteroatoms. The third kappa shape index (κ3) is 7.32. The summed E-state index contributed by atoms with van der Waals surface area (Å²) in [5.41, 5.74) is 2.45. The van der Waals surface area contributed by atoms with Crippen LogP contribution in [0.15, 0.2) is 54.6 Å². The number of aliphatic hydroxyl groups is 1. The van der Waals surface area contributed by atoms with Gasteiger partial charge in [-0.05, 0) is 65.3 Å². The van der Waals surface area contributed by atoms with Gasteiger partial charge in [0.25, 0.3) is 0 Å². The summed E-state index contributed by atoms with van der Waals surface area (Å²) in [6, 6.07) is 17.8. The third-order valence-corrected chi connectivity index (χ3v) is 6.14. The number of nitrogens with zero attached hydrogens (tertiary/aromatic N) is 3. The van der Waals surface area contributed by atoms with E-state index in [4.69, 9.17) is 19.3 Å². The molecule has 0 aliphatic heterocycles. The molecular formula is C29H41N3O4. The van der Waals surface area contributed by atoms with Crippen LogP contribution in [0.3, 0.4) is 0 Å². The molecule has 3 aromatic rings. The van der Waals surface area contributed by atoms with Crippen molar-refractivity contribution in [3.63, 3.8) is 0 Å². The van der Waals surface area contributed by atoms with Gasteiger partial charge in [0.1, 0.15) is 0 Å². The second-order valence-corrected chi connectivity index (χ2v) is 10.1. The quantitative estimate of drug-likeness (QED) is 0.345. The first-order valence-electron chi connectivity index (χ1n) is 12.6. The second-order valence-electron chi connectivity index (χ2n) is 10.1. The van der Waals surface area contributed by atoms with Crippen molar-refractivity contribution >= 4 is 0 Å². The van der Waals surface area contributed by atoms with Gasteiger partial charge in [0.2, 0.25) is 5.88 Å². The molecule has 1 heterocycles. The molecule has 0 radical (unpaired) electrons. The van der Waals surface area contributed by atoms with Gasteiger partial charge in [0.15, 0.2) is 11.5 Å². The monoisotopic (exact) mass is 495 g/mol. The summed E-state index contributed by atoms with van der Waals surface area (Å²) in [5, 5.41) is 15.7. The summed E-state index contributed by atoms with van der Waals surface area (Å²) in [5.74, 6) is 1.90. The Morgan fingerprint density at radius 3 is 2.28 bits per heavy atom. The number of aliphatic hydroxyl groups excluding tert-OH is 1. The van der Waals surface area contributed by atoms with Crippen LogP contribution in [0.1, 0.15) is 52.3 Å². The Morgan fingerprint density at radius 1 is 1.03 bits per heavy atom. The van der Waals surface area contributed by atoms with Crippen LogP contribution in [-0.4, -0.2) is 57.8 Å². The van der Waals surface area contributed by atoms with Gasteiger partial charge in [-0.1, -0.05) is 37.3 Å². The van der Waals surface area contributed by atoms with E-state index in [1.807, 2.05) is 87.0 Å². The summed E-state index contributed by atoms with van der Waals surface area (Å²) < 4.78 is 19.7. The number of methoxy groups -OCH3 is 1. The molecule has 0 amide bonds. The predicted molar refractivity (Wildman–Crippen MR) is 143 cm³/mol. The van der Waals surface area contributed by atoms with Crippen LogP contribution >= 0.6 is 0 Å². The molecule has 0 aliphatic rings. The van der Waals surface area contributed by atoms with Crippen LogP contribution in [-0.2, 0) is 11.3 Å². The smallest absolute Gasteiger partial charge is 0.227 e. The highest BCUT2D eigenvalue weighted by Crippen LogP contribution is 2.36. The summed E-state index contributed by atoms with van der Waals surface area (Å²) in [6.07, 6.45) is 0.336. The summed E-state index contributed by atoms with van der Waals surface area (Å²) in [6.45, 7) is 13.6. The number of aromatic nitrogens is 2. The minimum absolute atomic E-state index is 0.243. The topological polar surface area (TPSA) is 69.0 Å². The van der Waals surface area contributed by atoms with Crippen molar-refractivity contribution in [2.75, 3.05) is 20.3 Å². The first kappa shape index (κ1) is 27.7. The summed E-state index contributed by atoms with van der Waals surface area (Å²) in [4.78, 5) is 2.27. The Kier molecular flexibility index (Phi) is 9.54. The number of hydrogen-bond donors (Lipinski definition) is 1. The molecule has 2 atom stereocenters. The van der Waals surface area contributed by atoms with E-state index in [9.17, 15) is 5.11 Å². The molecule has 0 bridgehead atoms. The Balaban J connectivity index is 1.98. The van der Waals surface area contributed by atoms with E-state index < -0.39 is 6.10 Å². The number of para-hydroxylation sites is 3. The first-order valence-corrected chi connectivity index (χ1v) is 12.6. The van der Waals surface area contributed by atoms with E-state index in [1.165, 1.54) is 0 Å². The van der Waals surface area contributed by atoms with Gasteiger partial charge in [0, 0.05) is 19.1 Å². The number of aryl methyl sites for hydroxylation is 1. The molecule has 0 spiro atoms. The molecule has 0 unspecified atom stereocenters. The SMILES string of the molecule is CC[C@H](C)N(Cc1c(C)nn(-c2ccccc2)c1Oc1ccccc1OC)C[C@@H](O)COC(C)(C)C. The van der Waals surface area contributed by atoms with Crippen LogP contribution in [0.5, 0.6) is 17.4 Å². The molecule has 2 aromatic carbocycles. The molecule has 0 saturated heterocycles. The highest BCUT2D eigenvalue weighted by molar-refractivity contribution is 5.47. The van der Waals surface area contributed by atoms with Gasteiger partial charge in [-0.25, -0.2) is 4.68 Å². The molecule has 1 aromatic heterocycles. The minimum atomic E-state index is -0.610. The lowest BCUT2D eigenvalue weighted by atomic mass is 10.1. The van der Waals surface area contributed by atoms with Crippen molar-refractivity contribution in [2.24, 2.45) is 0 Å². The van der Waals surface area contributed by atoms with Crippen molar-refractivity contribution < 1.29 is 19.3 Å². The van der Waals surface area contributed by atoms with E-state index in [1.54, 1.807) is 7.11 Å². The van der Waals surface area contributed by atoms with E-state index >= 15 is 0 Å². The summed E-state index contributed by atoms with van der Waals surface area (Å²) in [7, 11) is 1.63. The van der Waals surface area contributed by atoms with Crippen molar-refractivity contribution in [3.05, 3.63) is 65.9 Å². The Bertz CT molecular complexity index is 1090. The highest BCUT2D eigenvalue weighted by atomic mass is 16.5. The van der Waals surface area contributed by atoms with Crippen LogP contribution in [0, 0.1) is 6.92 Å². The lowest BCUT2D eigenvalue weighted by Gasteiger charge is -2.31. The Labute approximate surface area is 215 Å². The largest absolute Gasteiger partial charge is 0.493 e. The molecule has 0 fully saturated rings. The van der Waals surface area contributed by atoms with Gasteiger partial charge in [-0.2, -0.15) is 5.10 Å². The van der Waals surface area contributed by atoms with Gasteiger partial charge in [-0.15, -0.1) is 0 Å². The minimum Gasteiger partial charge on any atom is -0.493 e. The average molecular weight is 496 g/mol. The van der Waals surface area contributed by atoms with Gasteiger partial charge >= 0.3 is 0 Å². The molecule has 3 rings (SSSR count). The van der Waals surface area contributed by atoms with E-state index in [0.29, 0.717) is 30.5 Å².